The normalized spacial score (nSPS) is 16.9. The second kappa shape index (κ2) is 9.30. The van der Waals surface area contributed by atoms with Crippen LogP contribution in [-0.4, -0.2) is 53.1 Å². The molecule has 188 valence electrons. The molecule has 10 heteroatoms. The lowest BCUT2D eigenvalue weighted by molar-refractivity contribution is -0.132. The van der Waals surface area contributed by atoms with Crippen molar-refractivity contribution in [1.82, 2.24) is 15.0 Å². The van der Waals surface area contributed by atoms with Gasteiger partial charge in [0.2, 0.25) is 5.95 Å². The van der Waals surface area contributed by atoms with Crippen LogP contribution in [0.1, 0.15) is 22.7 Å². The van der Waals surface area contributed by atoms with Crippen LogP contribution in [0.15, 0.2) is 60.4 Å². The minimum atomic E-state index is -0.997. The highest BCUT2D eigenvalue weighted by Crippen LogP contribution is 2.43. The smallest absolute Gasteiger partial charge is 0.302 e. The van der Waals surface area contributed by atoms with E-state index in [1.807, 2.05) is 13.0 Å². The van der Waals surface area contributed by atoms with E-state index in [9.17, 15) is 14.7 Å². The number of aliphatic hydroxyl groups is 1. The van der Waals surface area contributed by atoms with Crippen LogP contribution >= 0.6 is 0 Å². The number of benzene rings is 2. The zero-order chi connectivity index (χ0) is 26.3. The van der Waals surface area contributed by atoms with Crippen molar-refractivity contribution in [2.45, 2.75) is 13.0 Å². The van der Waals surface area contributed by atoms with Crippen LogP contribution in [0.4, 0.5) is 5.95 Å². The van der Waals surface area contributed by atoms with Crippen LogP contribution in [0.5, 0.6) is 17.2 Å². The number of carbonyl (C=O) groups excluding carboxylic acids is 2. The van der Waals surface area contributed by atoms with Crippen molar-refractivity contribution in [3.8, 4) is 17.2 Å². The first-order chi connectivity index (χ1) is 17.9. The first-order valence-electron chi connectivity index (χ1n) is 11.4. The summed E-state index contributed by atoms with van der Waals surface area (Å²) in [7, 11) is 4.49. The molecule has 0 saturated carbocycles. The quantitative estimate of drug-likeness (QED) is 0.232. The molecule has 3 heterocycles. The Hall–Kier alpha value is -4.86. The number of methoxy groups -OCH3 is 3. The number of nitrogens with zero attached hydrogens (tertiary/aromatic N) is 3. The molecule has 1 aliphatic rings. The molecule has 37 heavy (non-hydrogen) atoms. The molecule has 0 bridgehead atoms. The number of aliphatic hydroxyl groups excluding tert-OH is 1. The van der Waals surface area contributed by atoms with E-state index in [4.69, 9.17) is 14.2 Å². The fourth-order valence-corrected chi connectivity index (χ4v) is 4.49. The predicted octanol–water partition coefficient (Wildman–Crippen LogP) is 3.92. The number of amides is 1. The van der Waals surface area contributed by atoms with Crippen molar-refractivity contribution in [1.29, 1.82) is 0 Å². The Morgan fingerprint density at radius 3 is 2.41 bits per heavy atom. The maximum atomic E-state index is 13.5. The van der Waals surface area contributed by atoms with Gasteiger partial charge in [0.25, 0.3) is 5.78 Å². The van der Waals surface area contributed by atoms with E-state index in [-0.39, 0.29) is 17.3 Å². The lowest BCUT2D eigenvalue weighted by Crippen LogP contribution is -2.30. The first kappa shape index (κ1) is 23.9. The number of imidazole rings is 1. The average Bonchev–Trinajstić information content (AvgIpc) is 3.45. The molecule has 1 unspecified atom stereocenters. The topological polar surface area (TPSA) is 127 Å². The molecule has 1 atom stereocenters. The Bertz CT molecular complexity index is 1520. The second-order valence-electron chi connectivity index (χ2n) is 8.44. The van der Waals surface area contributed by atoms with Crippen LogP contribution in [0.25, 0.3) is 16.8 Å². The van der Waals surface area contributed by atoms with Crippen LogP contribution in [0.3, 0.4) is 0 Å². The van der Waals surface area contributed by atoms with Crippen LogP contribution in [0.2, 0.25) is 0 Å². The maximum absolute atomic E-state index is 13.5. The molecule has 10 nitrogen and oxygen atoms in total. The highest BCUT2D eigenvalue weighted by molar-refractivity contribution is 6.51. The van der Waals surface area contributed by atoms with Gasteiger partial charge in [0.15, 0.2) is 11.5 Å². The number of ketones is 1. The molecule has 0 aliphatic carbocycles. The summed E-state index contributed by atoms with van der Waals surface area (Å²) in [5.41, 5.74) is 2.63. The third-order valence-corrected chi connectivity index (χ3v) is 6.26. The highest BCUT2D eigenvalue weighted by atomic mass is 16.5. The van der Waals surface area contributed by atoms with Crippen LogP contribution < -0.4 is 19.1 Å². The van der Waals surface area contributed by atoms with Gasteiger partial charge in [-0.2, -0.15) is 0 Å². The van der Waals surface area contributed by atoms with Gasteiger partial charge in [-0.25, -0.2) is 4.98 Å². The zero-order valence-electron chi connectivity index (χ0n) is 20.6. The van der Waals surface area contributed by atoms with Crippen LogP contribution in [-0.2, 0) is 9.59 Å². The van der Waals surface area contributed by atoms with E-state index < -0.39 is 17.7 Å². The van der Waals surface area contributed by atoms with Crippen molar-refractivity contribution in [3.05, 3.63) is 77.1 Å². The number of nitrogens with one attached hydrogen (secondary N) is 1. The monoisotopic (exact) mass is 500 g/mol. The molecular formula is C27H24N4O6. The first-order valence-corrected chi connectivity index (χ1v) is 11.4. The van der Waals surface area contributed by atoms with E-state index in [1.165, 1.54) is 26.2 Å². The SMILES string of the molecule is COc1cc2nc(N3C(=O)C(=O)/C(=C(/O)c4cc(C)ccc4OC)C3c3cccnc3)[nH]c2cc1OC. The molecular weight excluding hydrogens is 476 g/mol. The largest absolute Gasteiger partial charge is 0.507 e. The number of aryl methyl sites for hydroxylation is 1. The fourth-order valence-electron chi connectivity index (χ4n) is 4.49. The number of hydrogen-bond acceptors (Lipinski definition) is 8. The van der Waals surface area contributed by atoms with E-state index in [1.54, 1.807) is 48.8 Å². The van der Waals surface area contributed by atoms with Crippen LogP contribution in [0, 0.1) is 6.92 Å². The van der Waals surface area contributed by atoms with Crippen molar-refractivity contribution in [2.24, 2.45) is 0 Å². The number of anilines is 1. The minimum absolute atomic E-state index is 0.0995. The number of ether oxygens (including phenoxy) is 3. The predicted molar refractivity (Wildman–Crippen MR) is 136 cm³/mol. The Balaban J connectivity index is 1.74. The molecule has 4 aromatic rings. The van der Waals surface area contributed by atoms with Crippen molar-refractivity contribution < 1.29 is 28.9 Å². The van der Waals surface area contributed by atoms with Gasteiger partial charge in [0.1, 0.15) is 11.5 Å². The Morgan fingerprint density at radius 2 is 1.73 bits per heavy atom. The highest BCUT2D eigenvalue weighted by Gasteiger charge is 2.48. The molecule has 1 aliphatic heterocycles. The number of fused-ring (bicyclic) bond motifs is 1. The van der Waals surface area contributed by atoms with Crippen molar-refractivity contribution in [3.63, 3.8) is 0 Å². The number of carbonyl (C=O) groups is 2. The minimum Gasteiger partial charge on any atom is -0.507 e. The number of aromatic amines is 1. The molecule has 0 radical (unpaired) electrons. The summed E-state index contributed by atoms with van der Waals surface area (Å²) in [6.45, 7) is 1.85. The van der Waals surface area contributed by atoms with Crippen molar-refractivity contribution in [2.75, 3.05) is 26.2 Å². The lowest BCUT2D eigenvalue weighted by Gasteiger charge is -2.22. The summed E-state index contributed by atoms with van der Waals surface area (Å²) in [5, 5.41) is 11.4. The van der Waals surface area contributed by atoms with Gasteiger partial charge in [0.05, 0.1) is 49.5 Å². The van der Waals surface area contributed by atoms with Crippen molar-refractivity contribution >= 4 is 34.4 Å². The summed E-state index contributed by atoms with van der Waals surface area (Å²) in [6, 6.07) is 11.0. The maximum Gasteiger partial charge on any atom is 0.302 e. The average molecular weight is 501 g/mol. The molecule has 2 N–H and O–H groups in total. The van der Waals surface area contributed by atoms with Gasteiger partial charge < -0.3 is 24.3 Å². The summed E-state index contributed by atoms with van der Waals surface area (Å²) < 4.78 is 16.2. The lowest BCUT2D eigenvalue weighted by atomic mass is 9.95. The third-order valence-electron chi connectivity index (χ3n) is 6.26. The summed E-state index contributed by atoms with van der Waals surface area (Å²) in [6.07, 6.45) is 3.12. The van der Waals surface area contributed by atoms with Gasteiger partial charge in [-0.15, -0.1) is 0 Å². The molecule has 1 fully saturated rings. The molecule has 1 saturated heterocycles. The standard InChI is InChI=1S/C27H24N4O6/c1-14-7-8-19(35-2)16(10-14)24(32)22-23(15-6-5-9-28-13-15)31(26(34)25(22)33)27-29-17-11-20(36-3)21(37-4)12-18(17)30-27/h5-13,23,32H,1-4H3,(H,29,30)/b24-22+. The molecule has 2 aromatic heterocycles. The summed E-state index contributed by atoms with van der Waals surface area (Å²) in [5.74, 6) is -0.632. The van der Waals surface area contributed by atoms with Gasteiger partial charge in [-0.3, -0.25) is 19.5 Å². The van der Waals surface area contributed by atoms with Gasteiger partial charge >= 0.3 is 5.91 Å². The molecule has 5 rings (SSSR count). The van der Waals surface area contributed by atoms with Gasteiger partial charge in [-0.05, 0) is 30.7 Å². The Labute approximate surface area is 212 Å². The third kappa shape index (κ3) is 3.92. The number of H-pyrrole nitrogens is 1. The molecule has 1 amide bonds. The number of aromatic nitrogens is 3. The van der Waals surface area contributed by atoms with E-state index in [2.05, 4.69) is 15.0 Å². The van der Waals surface area contributed by atoms with E-state index in [0.29, 0.717) is 39.4 Å². The number of Topliss-reactive ketones (excluding diaryl/α,β-unsaturated/α-hetero) is 1. The summed E-state index contributed by atoms with van der Waals surface area (Å²) >= 11 is 0. The Kier molecular flexibility index (Phi) is 6.00. The molecule has 2 aromatic carbocycles. The van der Waals surface area contributed by atoms with Gasteiger partial charge in [-0.1, -0.05) is 17.7 Å². The second-order valence-corrected chi connectivity index (χ2v) is 8.44. The summed E-state index contributed by atoms with van der Waals surface area (Å²) in [4.78, 5) is 40.0. The van der Waals surface area contributed by atoms with Gasteiger partial charge in [0, 0.05) is 24.5 Å². The number of hydrogen-bond donors (Lipinski definition) is 2. The zero-order valence-corrected chi connectivity index (χ0v) is 20.6. The number of rotatable bonds is 6. The molecule has 0 spiro atoms. The fraction of sp³-hybridized carbons (Fsp3) is 0.185. The van der Waals surface area contributed by atoms with E-state index in [0.717, 1.165) is 5.56 Å². The van der Waals surface area contributed by atoms with E-state index >= 15 is 0 Å². The number of pyridine rings is 1. The Morgan fingerprint density at radius 1 is 1.00 bits per heavy atom.